The highest BCUT2D eigenvalue weighted by atomic mass is 16.5. The third-order valence-electron chi connectivity index (χ3n) is 3.48. The molecule has 0 unspecified atom stereocenters. The van der Waals surface area contributed by atoms with E-state index in [2.05, 4.69) is 17.5 Å². The van der Waals surface area contributed by atoms with Gasteiger partial charge in [0.05, 0.1) is 19.9 Å². The van der Waals surface area contributed by atoms with Crippen LogP contribution in [0.25, 0.3) is 0 Å². The van der Waals surface area contributed by atoms with Crippen LogP contribution in [0.1, 0.15) is 25.3 Å². The van der Waals surface area contributed by atoms with E-state index < -0.39 is 0 Å². The number of amides is 1. The van der Waals surface area contributed by atoms with Crippen molar-refractivity contribution in [1.82, 2.24) is 5.43 Å². The van der Waals surface area contributed by atoms with Crippen molar-refractivity contribution < 1.29 is 19.0 Å². The standard InChI is InChI=1S/C20H24N2O4/c1-3-4-13-25-17-11-9-16(10-12-17)14-21-22-20(23)15-26-19-8-6-5-7-18(19)24-2/h5-12,14H,3-4,13,15H2,1-2H3,(H,22,23). The number of methoxy groups -OCH3 is 1. The molecule has 2 aromatic carbocycles. The summed E-state index contributed by atoms with van der Waals surface area (Å²) in [5, 5.41) is 3.92. The van der Waals surface area contributed by atoms with Crippen LogP contribution in [0.2, 0.25) is 0 Å². The van der Waals surface area contributed by atoms with Crippen LogP contribution < -0.4 is 19.6 Å². The Hall–Kier alpha value is -3.02. The summed E-state index contributed by atoms with van der Waals surface area (Å²) in [6.07, 6.45) is 3.70. The van der Waals surface area contributed by atoms with Gasteiger partial charge in [-0.05, 0) is 48.4 Å². The third kappa shape index (κ3) is 6.47. The number of hydrazone groups is 1. The van der Waals surface area contributed by atoms with Gasteiger partial charge in [0.25, 0.3) is 5.91 Å². The first kappa shape index (κ1) is 19.3. The van der Waals surface area contributed by atoms with Crippen molar-refractivity contribution in [2.75, 3.05) is 20.3 Å². The molecule has 0 fully saturated rings. The minimum Gasteiger partial charge on any atom is -0.494 e. The zero-order valence-electron chi connectivity index (χ0n) is 15.1. The molecule has 138 valence electrons. The molecule has 0 aliphatic rings. The first-order chi connectivity index (χ1) is 12.7. The van der Waals surface area contributed by atoms with Crippen molar-refractivity contribution in [1.29, 1.82) is 0 Å². The molecule has 0 atom stereocenters. The van der Waals surface area contributed by atoms with E-state index in [-0.39, 0.29) is 12.5 Å². The van der Waals surface area contributed by atoms with Gasteiger partial charge < -0.3 is 14.2 Å². The van der Waals surface area contributed by atoms with Crippen molar-refractivity contribution in [3.05, 3.63) is 54.1 Å². The van der Waals surface area contributed by atoms with Crippen LogP contribution >= 0.6 is 0 Å². The summed E-state index contributed by atoms with van der Waals surface area (Å²) >= 11 is 0. The predicted molar refractivity (Wildman–Crippen MR) is 101 cm³/mol. The Balaban J connectivity index is 1.76. The normalized spacial score (nSPS) is 10.5. The number of hydrogen-bond donors (Lipinski definition) is 1. The van der Waals surface area contributed by atoms with E-state index >= 15 is 0 Å². The number of carbonyl (C=O) groups excluding carboxylic acids is 1. The van der Waals surface area contributed by atoms with E-state index in [1.807, 2.05) is 36.4 Å². The molecule has 2 aromatic rings. The SMILES string of the molecule is CCCCOc1ccc(C=NNC(=O)COc2ccccc2OC)cc1. The third-order valence-corrected chi connectivity index (χ3v) is 3.48. The van der Waals surface area contributed by atoms with Gasteiger partial charge in [-0.3, -0.25) is 4.79 Å². The zero-order chi connectivity index (χ0) is 18.6. The monoisotopic (exact) mass is 356 g/mol. The summed E-state index contributed by atoms with van der Waals surface area (Å²) in [6, 6.07) is 14.7. The number of rotatable bonds is 10. The molecule has 6 heteroatoms. The van der Waals surface area contributed by atoms with Crippen LogP contribution in [0, 0.1) is 0 Å². The lowest BCUT2D eigenvalue weighted by Crippen LogP contribution is -2.24. The number of nitrogens with one attached hydrogen (secondary N) is 1. The second kappa shape index (κ2) is 10.8. The topological polar surface area (TPSA) is 69.2 Å². The van der Waals surface area contributed by atoms with Gasteiger partial charge in [0.1, 0.15) is 5.75 Å². The maximum Gasteiger partial charge on any atom is 0.277 e. The summed E-state index contributed by atoms with van der Waals surface area (Å²) in [4.78, 5) is 11.8. The van der Waals surface area contributed by atoms with Crippen molar-refractivity contribution in [3.8, 4) is 17.2 Å². The second-order valence-electron chi connectivity index (χ2n) is 5.50. The number of unbranched alkanes of at least 4 members (excludes halogenated alkanes) is 1. The molecule has 0 saturated heterocycles. The average molecular weight is 356 g/mol. The van der Waals surface area contributed by atoms with Gasteiger partial charge in [0, 0.05) is 0 Å². The Bertz CT molecular complexity index is 714. The molecule has 1 amide bonds. The maximum atomic E-state index is 11.8. The predicted octanol–water partition coefficient (Wildman–Crippen LogP) is 3.40. The first-order valence-electron chi connectivity index (χ1n) is 8.53. The molecule has 0 aliphatic carbocycles. The van der Waals surface area contributed by atoms with Crippen LogP contribution in [-0.2, 0) is 4.79 Å². The van der Waals surface area contributed by atoms with E-state index in [9.17, 15) is 4.79 Å². The smallest absolute Gasteiger partial charge is 0.277 e. The Morgan fingerprint density at radius 3 is 2.50 bits per heavy atom. The summed E-state index contributed by atoms with van der Waals surface area (Å²) in [5.74, 6) is 1.55. The number of carbonyl (C=O) groups is 1. The molecule has 2 rings (SSSR count). The zero-order valence-corrected chi connectivity index (χ0v) is 15.1. The van der Waals surface area contributed by atoms with Crippen LogP contribution in [0.4, 0.5) is 0 Å². The number of hydrogen-bond acceptors (Lipinski definition) is 5. The number of benzene rings is 2. The summed E-state index contributed by atoms with van der Waals surface area (Å²) < 4.78 is 16.2. The fourth-order valence-corrected chi connectivity index (χ4v) is 2.08. The molecule has 0 aromatic heterocycles. The fourth-order valence-electron chi connectivity index (χ4n) is 2.08. The molecule has 0 radical (unpaired) electrons. The fraction of sp³-hybridized carbons (Fsp3) is 0.300. The summed E-state index contributed by atoms with van der Waals surface area (Å²) in [6.45, 7) is 2.69. The van der Waals surface area contributed by atoms with Crippen LogP contribution in [0.15, 0.2) is 53.6 Å². The van der Waals surface area contributed by atoms with Crippen molar-refractivity contribution in [2.24, 2.45) is 5.10 Å². The van der Waals surface area contributed by atoms with Crippen LogP contribution in [-0.4, -0.2) is 32.4 Å². The largest absolute Gasteiger partial charge is 0.494 e. The number of para-hydroxylation sites is 2. The Morgan fingerprint density at radius 1 is 1.08 bits per heavy atom. The molecule has 0 spiro atoms. The number of nitrogens with zero attached hydrogens (tertiary/aromatic N) is 1. The molecule has 0 aliphatic heterocycles. The van der Waals surface area contributed by atoms with Gasteiger partial charge in [0.2, 0.25) is 0 Å². The lowest BCUT2D eigenvalue weighted by molar-refractivity contribution is -0.123. The second-order valence-corrected chi connectivity index (χ2v) is 5.50. The van der Waals surface area contributed by atoms with Crippen LogP contribution in [0.3, 0.4) is 0 Å². The highest BCUT2D eigenvalue weighted by Gasteiger charge is 2.05. The van der Waals surface area contributed by atoms with Gasteiger partial charge in [-0.1, -0.05) is 25.5 Å². The quantitative estimate of drug-likeness (QED) is 0.402. The minimum absolute atomic E-state index is 0.151. The Labute approximate surface area is 153 Å². The van der Waals surface area contributed by atoms with Gasteiger partial charge in [-0.25, -0.2) is 5.43 Å². The molecule has 6 nitrogen and oxygen atoms in total. The molecular weight excluding hydrogens is 332 g/mol. The highest BCUT2D eigenvalue weighted by Crippen LogP contribution is 2.25. The summed E-state index contributed by atoms with van der Waals surface area (Å²) in [5.41, 5.74) is 3.29. The lowest BCUT2D eigenvalue weighted by Gasteiger charge is -2.09. The highest BCUT2D eigenvalue weighted by molar-refractivity contribution is 5.83. The van der Waals surface area contributed by atoms with E-state index in [0.29, 0.717) is 18.1 Å². The molecule has 0 heterocycles. The van der Waals surface area contributed by atoms with E-state index in [4.69, 9.17) is 14.2 Å². The van der Waals surface area contributed by atoms with E-state index in [1.54, 1.807) is 25.5 Å². The molecule has 26 heavy (non-hydrogen) atoms. The number of ether oxygens (including phenoxy) is 3. The van der Waals surface area contributed by atoms with E-state index in [1.165, 1.54) is 0 Å². The van der Waals surface area contributed by atoms with Crippen LogP contribution in [0.5, 0.6) is 17.2 Å². The average Bonchev–Trinajstić information content (AvgIpc) is 2.68. The Morgan fingerprint density at radius 2 is 1.81 bits per heavy atom. The van der Waals surface area contributed by atoms with Gasteiger partial charge >= 0.3 is 0 Å². The lowest BCUT2D eigenvalue weighted by atomic mass is 10.2. The molecule has 0 saturated carbocycles. The Kier molecular flexibility index (Phi) is 7.99. The van der Waals surface area contributed by atoms with Crippen molar-refractivity contribution in [3.63, 3.8) is 0 Å². The maximum absolute atomic E-state index is 11.8. The minimum atomic E-state index is -0.355. The first-order valence-corrected chi connectivity index (χ1v) is 8.53. The van der Waals surface area contributed by atoms with Gasteiger partial charge in [0.15, 0.2) is 18.1 Å². The summed E-state index contributed by atoms with van der Waals surface area (Å²) in [7, 11) is 1.55. The molecule has 1 N–H and O–H groups in total. The van der Waals surface area contributed by atoms with E-state index in [0.717, 1.165) is 24.2 Å². The molecule has 0 bridgehead atoms. The van der Waals surface area contributed by atoms with Gasteiger partial charge in [-0.15, -0.1) is 0 Å². The molecular formula is C20H24N2O4. The van der Waals surface area contributed by atoms with Gasteiger partial charge in [-0.2, -0.15) is 5.10 Å². The van der Waals surface area contributed by atoms with Crippen molar-refractivity contribution >= 4 is 12.1 Å². The van der Waals surface area contributed by atoms with Crippen molar-refractivity contribution in [2.45, 2.75) is 19.8 Å².